The number of nitrogens with zero attached hydrogens (tertiary/aromatic N) is 1. The van der Waals surface area contributed by atoms with Crippen LogP contribution in [0.2, 0.25) is 0 Å². The molecule has 0 unspecified atom stereocenters. The molecule has 1 aliphatic rings. The zero-order valence-corrected chi connectivity index (χ0v) is 16.2. The van der Waals surface area contributed by atoms with E-state index in [-0.39, 0.29) is 11.9 Å². The van der Waals surface area contributed by atoms with Crippen molar-refractivity contribution in [3.8, 4) is 11.5 Å². The number of benzene rings is 2. The largest absolute Gasteiger partial charge is 0.457 e. The highest BCUT2D eigenvalue weighted by Gasteiger charge is 2.22. The van der Waals surface area contributed by atoms with Crippen molar-refractivity contribution < 1.29 is 9.53 Å². The Bertz CT molecular complexity index is 774. The highest BCUT2D eigenvalue weighted by atomic mass is 16.5. The fourth-order valence-electron chi connectivity index (χ4n) is 3.19. The lowest BCUT2D eigenvalue weighted by Gasteiger charge is -2.31. The smallest absolute Gasteiger partial charge is 0.255 e. The number of carbonyl (C=O) groups excluding carboxylic acids is 1. The molecule has 4 heteroatoms. The second kappa shape index (κ2) is 9.38. The van der Waals surface area contributed by atoms with E-state index in [0.717, 1.165) is 38.2 Å². The normalized spacial score (nSPS) is 15.2. The first kappa shape index (κ1) is 19.2. The lowest BCUT2D eigenvalue weighted by atomic mass is 10.0. The van der Waals surface area contributed by atoms with Crippen molar-refractivity contribution in [3.05, 3.63) is 71.8 Å². The van der Waals surface area contributed by atoms with E-state index >= 15 is 0 Å². The Morgan fingerprint density at radius 1 is 1.07 bits per heavy atom. The summed E-state index contributed by atoms with van der Waals surface area (Å²) in [6.07, 6.45) is 4.21. The van der Waals surface area contributed by atoms with Crippen LogP contribution < -0.4 is 10.1 Å². The quantitative estimate of drug-likeness (QED) is 0.759. The molecule has 0 aromatic heterocycles. The van der Waals surface area contributed by atoms with Gasteiger partial charge in [0.2, 0.25) is 0 Å². The van der Waals surface area contributed by atoms with Crippen molar-refractivity contribution >= 4 is 5.91 Å². The number of ether oxygens (including phenoxy) is 1. The molecule has 3 rings (SSSR count). The van der Waals surface area contributed by atoms with Crippen molar-refractivity contribution in [2.45, 2.75) is 32.7 Å². The Hall–Kier alpha value is -2.59. The number of piperidine rings is 1. The maximum Gasteiger partial charge on any atom is 0.255 e. The third-order valence-electron chi connectivity index (χ3n) is 4.78. The molecule has 0 bridgehead atoms. The zero-order valence-electron chi connectivity index (χ0n) is 16.2. The molecule has 27 heavy (non-hydrogen) atoms. The Morgan fingerprint density at radius 3 is 2.44 bits per heavy atom. The molecule has 1 fully saturated rings. The predicted octanol–water partition coefficient (Wildman–Crippen LogP) is 4.64. The molecule has 0 saturated carbocycles. The van der Waals surface area contributed by atoms with Crippen LogP contribution in [-0.4, -0.2) is 36.5 Å². The highest BCUT2D eigenvalue weighted by molar-refractivity contribution is 5.97. The molecule has 0 radical (unpaired) electrons. The average Bonchev–Trinajstić information content (AvgIpc) is 2.68. The molecule has 1 heterocycles. The SMILES string of the molecule is CC(C)=CCN1CCC(NC(=O)c2ccccc2Oc2ccccc2)CC1. The molecule has 2 aromatic carbocycles. The van der Waals surface area contributed by atoms with Gasteiger partial charge in [-0.25, -0.2) is 0 Å². The number of allylic oxidation sites excluding steroid dienone is 1. The number of likely N-dealkylation sites (tertiary alicyclic amines) is 1. The molecule has 1 N–H and O–H groups in total. The Kier molecular flexibility index (Phi) is 6.66. The summed E-state index contributed by atoms with van der Waals surface area (Å²) in [7, 11) is 0. The number of hydrogen-bond donors (Lipinski definition) is 1. The molecule has 142 valence electrons. The van der Waals surface area contributed by atoms with Crippen LogP contribution in [0.25, 0.3) is 0 Å². The maximum atomic E-state index is 12.8. The minimum atomic E-state index is -0.0655. The standard InChI is InChI=1S/C23H28N2O2/c1-18(2)12-15-25-16-13-19(14-17-25)24-23(26)21-10-6-7-11-22(21)27-20-8-4-3-5-9-20/h3-12,19H,13-17H2,1-2H3,(H,24,26). The lowest BCUT2D eigenvalue weighted by Crippen LogP contribution is -2.44. The van der Waals surface area contributed by atoms with E-state index in [4.69, 9.17) is 4.74 Å². The fraction of sp³-hybridized carbons (Fsp3) is 0.348. The Morgan fingerprint density at radius 2 is 1.74 bits per heavy atom. The topological polar surface area (TPSA) is 41.6 Å². The van der Waals surface area contributed by atoms with Gasteiger partial charge in [-0.3, -0.25) is 9.69 Å². The summed E-state index contributed by atoms with van der Waals surface area (Å²) in [6.45, 7) is 7.27. The van der Waals surface area contributed by atoms with Crippen molar-refractivity contribution in [2.75, 3.05) is 19.6 Å². The fourth-order valence-corrected chi connectivity index (χ4v) is 3.19. The van der Waals surface area contributed by atoms with Gasteiger partial charge >= 0.3 is 0 Å². The van der Waals surface area contributed by atoms with Crippen LogP contribution in [0.3, 0.4) is 0 Å². The summed E-state index contributed by atoms with van der Waals surface area (Å²) in [5.41, 5.74) is 1.92. The molecule has 0 atom stereocenters. The van der Waals surface area contributed by atoms with Crippen LogP contribution in [0, 0.1) is 0 Å². The van der Waals surface area contributed by atoms with Gasteiger partial charge in [-0.2, -0.15) is 0 Å². The first-order valence-corrected chi connectivity index (χ1v) is 9.60. The van der Waals surface area contributed by atoms with E-state index < -0.39 is 0 Å². The third-order valence-corrected chi connectivity index (χ3v) is 4.78. The number of nitrogens with one attached hydrogen (secondary N) is 1. The summed E-state index contributed by atoms with van der Waals surface area (Å²) in [5.74, 6) is 1.25. The molecule has 1 aliphatic heterocycles. The molecule has 2 aromatic rings. The molecular weight excluding hydrogens is 336 g/mol. The monoisotopic (exact) mass is 364 g/mol. The van der Waals surface area contributed by atoms with Gasteiger partial charge in [0, 0.05) is 25.7 Å². The van der Waals surface area contributed by atoms with Crippen LogP contribution in [0.5, 0.6) is 11.5 Å². The summed E-state index contributed by atoms with van der Waals surface area (Å²) >= 11 is 0. The summed E-state index contributed by atoms with van der Waals surface area (Å²) < 4.78 is 5.92. The molecule has 0 spiro atoms. The van der Waals surface area contributed by atoms with Gasteiger partial charge in [0.05, 0.1) is 5.56 Å². The minimum absolute atomic E-state index is 0.0655. The number of hydrogen-bond acceptors (Lipinski definition) is 3. The van der Waals surface area contributed by atoms with E-state index in [9.17, 15) is 4.79 Å². The van der Waals surface area contributed by atoms with Crippen LogP contribution >= 0.6 is 0 Å². The minimum Gasteiger partial charge on any atom is -0.457 e. The summed E-state index contributed by atoms with van der Waals surface area (Å²) in [4.78, 5) is 15.2. The Labute approximate surface area is 161 Å². The number of rotatable bonds is 6. The Balaban J connectivity index is 1.58. The van der Waals surface area contributed by atoms with Crippen LogP contribution in [0.4, 0.5) is 0 Å². The molecule has 1 saturated heterocycles. The number of amides is 1. The van der Waals surface area contributed by atoms with Crippen molar-refractivity contribution in [1.29, 1.82) is 0 Å². The second-order valence-electron chi connectivity index (χ2n) is 7.24. The van der Waals surface area contributed by atoms with Crippen molar-refractivity contribution in [2.24, 2.45) is 0 Å². The molecule has 0 aliphatic carbocycles. The van der Waals surface area contributed by atoms with Gasteiger partial charge < -0.3 is 10.1 Å². The molecular formula is C23H28N2O2. The average molecular weight is 364 g/mol. The van der Waals surface area contributed by atoms with Gasteiger partial charge in [0.15, 0.2) is 0 Å². The lowest BCUT2D eigenvalue weighted by molar-refractivity contribution is 0.0912. The van der Waals surface area contributed by atoms with E-state index in [0.29, 0.717) is 11.3 Å². The first-order chi connectivity index (χ1) is 13.1. The van der Waals surface area contributed by atoms with Gasteiger partial charge in [-0.1, -0.05) is 42.0 Å². The van der Waals surface area contributed by atoms with Gasteiger partial charge in [-0.15, -0.1) is 0 Å². The van der Waals surface area contributed by atoms with Crippen molar-refractivity contribution in [3.63, 3.8) is 0 Å². The van der Waals surface area contributed by atoms with Crippen molar-refractivity contribution in [1.82, 2.24) is 10.2 Å². The van der Waals surface area contributed by atoms with Crippen LogP contribution in [0.15, 0.2) is 66.2 Å². The predicted molar refractivity (Wildman–Crippen MR) is 109 cm³/mol. The summed E-state index contributed by atoms with van der Waals surface area (Å²) in [5, 5.41) is 3.19. The number of carbonyl (C=O) groups is 1. The summed E-state index contributed by atoms with van der Waals surface area (Å²) in [6, 6.07) is 17.2. The third kappa shape index (κ3) is 5.69. The first-order valence-electron chi connectivity index (χ1n) is 9.60. The van der Waals surface area contributed by atoms with E-state index in [1.54, 1.807) is 0 Å². The number of para-hydroxylation sites is 2. The van der Waals surface area contributed by atoms with Crippen LogP contribution in [0.1, 0.15) is 37.0 Å². The van der Waals surface area contributed by atoms with E-state index in [1.165, 1.54) is 5.57 Å². The van der Waals surface area contributed by atoms with Crippen LogP contribution in [-0.2, 0) is 0 Å². The second-order valence-corrected chi connectivity index (χ2v) is 7.24. The highest BCUT2D eigenvalue weighted by Crippen LogP contribution is 2.25. The maximum absolute atomic E-state index is 12.8. The molecule has 1 amide bonds. The van der Waals surface area contributed by atoms with Gasteiger partial charge in [-0.05, 0) is 51.0 Å². The molecule has 4 nitrogen and oxygen atoms in total. The van der Waals surface area contributed by atoms with Gasteiger partial charge in [0.25, 0.3) is 5.91 Å². The van der Waals surface area contributed by atoms with E-state index in [1.807, 2.05) is 54.6 Å². The van der Waals surface area contributed by atoms with Gasteiger partial charge in [0.1, 0.15) is 11.5 Å². The zero-order chi connectivity index (χ0) is 19.1. The van der Waals surface area contributed by atoms with E-state index in [2.05, 4.69) is 30.1 Å².